The van der Waals surface area contributed by atoms with E-state index in [0.29, 0.717) is 29.7 Å². The Morgan fingerprint density at radius 1 is 1.06 bits per heavy atom. The molecule has 0 aliphatic carbocycles. The molecule has 1 aliphatic rings. The first-order valence-corrected chi connectivity index (χ1v) is 11.6. The summed E-state index contributed by atoms with van der Waals surface area (Å²) in [7, 11) is 4.02. The van der Waals surface area contributed by atoms with E-state index in [1.54, 1.807) is 4.90 Å². The topological polar surface area (TPSA) is 63.0 Å². The van der Waals surface area contributed by atoms with Crippen molar-refractivity contribution < 1.29 is 13.9 Å². The number of carbonyl (C=O) groups excluding carboxylic acids is 1. The van der Waals surface area contributed by atoms with Gasteiger partial charge in [0.15, 0.2) is 5.43 Å². The van der Waals surface area contributed by atoms with Crippen molar-refractivity contribution in [3.8, 4) is 5.75 Å². The Kier molecular flexibility index (Phi) is 6.56. The molecule has 4 rings (SSSR count). The molecule has 0 N–H and O–H groups in total. The average Bonchev–Trinajstić information content (AvgIpc) is 3.06. The molecule has 2 aromatic carbocycles. The number of ether oxygens (including phenoxy) is 1. The van der Waals surface area contributed by atoms with Gasteiger partial charge in [-0.3, -0.25) is 9.59 Å². The van der Waals surface area contributed by atoms with Gasteiger partial charge in [-0.05, 0) is 88.3 Å². The van der Waals surface area contributed by atoms with Crippen molar-refractivity contribution in [1.82, 2.24) is 9.80 Å². The van der Waals surface area contributed by atoms with E-state index in [1.165, 1.54) is 0 Å². The predicted molar refractivity (Wildman–Crippen MR) is 130 cm³/mol. The minimum atomic E-state index is -0.475. The third-order valence-corrected chi connectivity index (χ3v) is 6.26. The zero-order chi connectivity index (χ0) is 23.7. The summed E-state index contributed by atoms with van der Waals surface area (Å²) in [6.45, 7) is 8.05. The van der Waals surface area contributed by atoms with Crippen LogP contribution in [0.25, 0.3) is 11.0 Å². The lowest BCUT2D eigenvalue weighted by Gasteiger charge is -2.26. The van der Waals surface area contributed by atoms with Crippen LogP contribution >= 0.6 is 0 Å². The molecular weight excluding hydrogens is 416 g/mol. The summed E-state index contributed by atoms with van der Waals surface area (Å²) < 4.78 is 11.8. The van der Waals surface area contributed by atoms with Gasteiger partial charge in [0.2, 0.25) is 5.76 Å². The highest BCUT2D eigenvalue weighted by atomic mass is 16.5. The van der Waals surface area contributed by atoms with Gasteiger partial charge in [-0.1, -0.05) is 19.1 Å². The molecule has 3 aromatic rings. The maximum Gasteiger partial charge on any atom is 0.290 e. The fraction of sp³-hybridized carbons (Fsp3) is 0.407. The Bertz CT molecular complexity index is 1230. The highest BCUT2D eigenvalue weighted by molar-refractivity contribution is 5.99. The number of fused-ring (bicyclic) bond motifs is 2. The van der Waals surface area contributed by atoms with E-state index in [9.17, 15) is 9.59 Å². The lowest BCUT2D eigenvalue weighted by molar-refractivity contribution is 0.0722. The van der Waals surface area contributed by atoms with Crippen LogP contribution in [0.3, 0.4) is 0 Å². The smallest absolute Gasteiger partial charge is 0.290 e. The van der Waals surface area contributed by atoms with E-state index in [1.807, 2.05) is 64.3 Å². The highest BCUT2D eigenvalue weighted by Gasteiger charge is 2.42. The van der Waals surface area contributed by atoms with Gasteiger partial charge < -0.3 is 19.0 Å². The molecular formula is C27H32N2O4. The molecule has 6 heteroatoms. The molecule has 174 valence electrons. The SMILES string of the molecule is CCCOc1ccc([C@H]2c3c(oc4cc(C)c(C)cc4c3=O)C(=O)N2CCCN(C)C)cc1. The normalized spacial score (nSPS) is 15.5. The van der Waals surface area contributed by atoms with Gasteiger partial charge in [-0.2, -0.15) is 0 Å². The summed E-state index contributed by atoms with van der Waals surface area (Å²) >= 11 is 0. The summed E-state index contributed by atoms with van der Waals surface area (Å²) in [6.07, 6.45) is 1.73. The molecule has 0 spiro atoms. The van der Waals surface area contributed by atoms with E-state index >= 15 is 0 Å². The third kappa shape index (κ3) is 4.40. The van der Waals surface area contributed by atoms with E-state index in [0.717, 1.165) is 41.8 Å². The Hall–Kier alpha value is -3.12. The van der Waals surface area contributed by atoms with Crippen molar-refractivity contribution in [1.29, 1.82) is 0 Å². The Labute approximate surface area is 194 Å². The molecule has 0 saturated carbocycles. The van der Waals surface area contributed by atoms with Crippen molar-refractivity contribution in [3.63, 3.8) is 0 Å². The van der Waals surface area contributed by atoms with Gasteiger partial charge in [0, 0.05) is 6.54 Å². The van der Waals surface area contributed by atoms with Crippen molar-refractivity contribution in [3.05, 3.63) is 74.6 Å². The second-order valence-electron chi connectivity index (χ2n) is 9.08. The maximum absolute atomic E-state index is 13.7. The summed E-state index contributed by atoms with van der Waals surface area (Å²) in [5, 5.41) is 0.521. The third-order valence-electron chi connectivity index (χ3n) is 6.26. The minimum absolute atomic E-state index is 0.130. The first-order chi connectivity index (χ1) is 15.8. The number of aryl methyl sites for hydroxylation is 2. The molecule has 1 amide bonds. The van der Waals surface area contributed by atoms with Gasteiger partial charge in [-0.15, -0.1) is 0 Å². The largest absolute Gasteiger partial charge is 0.494 e. The zero-order valence-electron chi connectivity index (χ0n) is 20.1. The van der Waals surface area contributed by atoms with Crippen LogP contribution in [0.15, 0.2) is 45.6 Å². The van der Waals surface area contributed by atoms with Gasteiger partial charge in [0.05, 0.1) is 23.6 Å². The molecule has 0 saturated heterocycles. The Morgan fingerprint density at radius 3 is 2.42 bits per heavy atom. The van der Waals surface area contributed by atoms with Crippen LogP contribution in [-0.4, -0.2) is 49.5 Å². The predicted octanol–water partition coefficient (Wildman–Crippen LogP) is 4.70. The van der Waals surface area contributed by atoms with Crippen LogP contribution in [0.2, 0.25) is 0 Å². The van der Waals surface area contributed by atoms with Crippen molar-refractivity contribution in [2.75, 3.05) is 33.8 Å². The van der Waals surface area contributed by atoms with Crippen LogP contribution < -0.4 is 10.2 Å². The van der Waals surface area contributed by atoms with E-state index < -0.39 is 6.04 Å². The van der Waals surface area contributed by atoms with Gasteiger partial charge in [-0.25, -0.2) is 0 Å². The number of rotatable bonds is 8. The Balaban J connectivity index is 1.82. The number of amides is 1. The molecule has 1 aliphatic heterocycles. The average molecular weight is 449 g/mol. The van der Waals surface area contributed by atoms with Gasteiger partial charge >= 0.3 is 0 Å². The molecule has 6 nitrogen and oxygen atoms in total. The molecule has 0 unspecified atom stereocenters. The summed E-state index contributed by atoms with van der Waals surface area (Å²) in [5.74, 6) is 0.718. The van der Waals surface area contributed by atoms with Crippen molar-refractivity contribution >= 4 is 16.9 Å². The van der Waals surface area contributed by atoms with Crippen LogP contribution in [0.5, 0.6) is 5.75 Å². The fourth-order valence-corrected chi connectivity index (χ4v) is 4.38. The van der Waals surface area contributed by atoms with Crippen molar-refractivity contribution in [2.45, 2.75) is 39.7 Å². The maximum atomic E-state index is 13.7. The fourth-order valence-electron chi connectivity index (χ4n) is 4.38. The standard InChI is InChI=1S/C27H32N2O4/c1-6-14-32-20-10-8-19(9-11-20)24-23-25(30)21-15-17(2)18(3)16-22(21)33-26(23)27(31)29(24)13-7-12-28(4)5/h8-11,15-16,24H,6-7,12-14H2,1-5H3/t24-/m0/s1. The molecule has 0 bridgehead atoms. The first kappa shape index (κ1) is 23.1. The Morgan fingerprint density at radius 2 is 1.76 bits per heavy atom. The number of benzene rings is 2. The van der Waals surface area contributed by atoms with E-state index in [-0.39, 0.29) is 17.1 Å². The zero-order valence-corrected chi connectivity index (χ0v) is 20.1. The first-order valence-electron chi connectivity index (χ1n) is 11.6. The molecule has 2 heterocycles. The number of hydrogen-bond donors (Lipinski definition) is 0. The van der Waals surface area contributed by atoms with Crippen LogP contribution in [-0.2, 0) is 0 Å². The number of carbonyl (C=O) groups is 1. The summed E-state index contributed by atoms with van der Waals surface area (Å²) in [5.41, 5.74) is 3.70. The molecule has 33 heavy (non-hydrogen) atoms. The molecule has 0 fully saturated rings. The quantitative estimate of drug-likeness (QED) is 0.500. The number of hydrogen-bond acceptors (Lipinski definition) is 5. The highest BCUT2D eigenvalue weighted by Crippen LogP contribution is 2.39. The van der Waals surface area contributed by atoms with Crippen LogP contribution in [0.4, 0.5) is 0 Å². The lowest BCUT2D eigenvalue weighted by atomic mass is 9.97. The van der Waals surface area contributed by atoms with Crippen LogP contribution in [0.1, 0.15) is 58.6 Å². The molecule has 1 aromatic heterocycles. The second kappa shape index (κ2) is 9.40. The van der Waals surface area contributed by atoms with E-state index in [2.05, 4.69) is 11.8 Å². The van der Waals surface area contributed by atoms with E-state index in [4.69, 9.17) is 9.15 Å². The second-order valence-corrected chi connectivity index (χ2v) is 9.08. The van der Waals surface area contributed by atoms with Crippen LogP contribution in [0, 0.1) is 13.8 Å². The minimum Gasteiger partial charge on any atom is -0.494 e. The monoisotopic (exact) mass is 448 g/mol. The molecule has 0 radical (unpaired) electrons. The summed E-state index contributed by atoms with van der Waals surface area (Å²) in [4.78, 5) is 31.0. The number of nitrogens with zero attached hydrogens (tertiary/aromatic N) is 2. The summed E-state index contributed by atoms with van der Waals surface area (Å²) in [6, 6.07) is 10.9. The lowest BCUT2D eigenvalue weighted by Crippen LogP contribution is -2.32. The van der Waals surface area contributed by atoms with Gasteiger partial charge in [0.25, 0.3) is 5.91 Å². The molecule has 1 atom stereocenters. The van der Waals surface area contributed by atoms with Gasteiger partial charge in [0.1, 0.15) is 11.3 Å². The van der Waals surface area contributed by atoms with Crippen molar-refractivity contribution in [2.24, 2.45) is 0 Å².